The van der Waals surface area contributed by atoms with Crippen molar-refractivity contribution < 1.29 is 4.74 Å². The molecule has 4 heteroatoms. The number of methoxy groups -OCH3 is 1. The van der Waals surface area contributed by atoms with E-state index < -0.39 is 0 Å². The maximum atomic E-state index is 5.74. The maximum absolute atomic E-state index is 5.74. The molecule has 0 aromatic carbocycles. The van der Waals surface area contributed by atoms with E-state index in [-0.39, 0.29) is 5.60 Å². The summed E-state index contributed by atoms with van der Waals surface area (Å²) in [6.07, 6.45) is 4.11. The summed E-state index contributed by atoms with van der Waals surface area (Å²) in [5.41, 5.74) is 5.35. The van der Waals surface area contributed by atoms with E-state index in [0.717, 1.165) is 31.6 Å². The first kappa shape index (κ1) is 10.3. The fourth-order valence-corrected chi connectivity index (χ4v) is 1.91. The van der Waals surface area contributed by atoms with Gasteiger partial charge in [-0.15, -0.1) is 0 Å². The third-order valence-corrected chi connectivity index (χ3v) is 3.08. The van der Waals surface area contributed by atoms with Gasteiger partial charge in [0.05, 0.1) is 0 Å². The number of hydrazone groups is 1. The maximum Gasteiger partial charge on any atom is 0.151 e. The van der Waals surface area contributed by atoms with Crippen LogP contribution in [-0.4, -0.2) is 18.5 Å². The first-order valence-electron chi connectivity index (χ1n) is 4.73. The molecule has 0 atom stereocenters. The van der Waals surface area contributed by atoms with Crippen LogP contribution >= 0.6 is 0 Å². The average molecular weight is 185 g/mol. The van der Waals surface area contributed by atoms with Crippen molar-refractivity contribution >= 4 is 5.84 Å². The SMILES string of the molecule is COC1(/C(N)=N/N)CCC(C)CC1. The third-order valence-electron chi connectivity index (χ3n) is 3.08. The molecule has 0 saturated heterocycles. The Kier molecular flexibility index (Phi) is 3.14. The Balaban J connectivity index is 2.71. The molecule has 0 aromatic rings. The van der Waals surface area contributed by atoms with Gasteiger partial charge in [0.1, 0.15) is 5.60 Å². The van der Waals surface area contributed by atoms with Crippen molar-refractivity contribution in [2.24, 2.45) is 22.6 Å². The molecule has 1 aliphatic rings. The van der Waals surface area contributed by atoms with Gasteiger partial charge in [0, 0.05) is 7.11 Å². The lowest BCUT2D eigenvalue weighted by Crippen LogP contribution is -2.48. The molecule has 0 amide bonds. The van der Waals surface area contributed by atoms with Crippen molar-refractivity contribution in [3.05, 3.63) is 0 Å². The molecule has 0 unspecified atom stereocenters. The topological polar surface area (TPSA) is 73.6 Å². The zero-order chi connectivity index (χ0) is 9.90. The van der Waals surface area contributed by atoms with Crippen molar-refractivity contribution in [2.75, 3.05) is 7.11 Å². The molecule has 0 heterocycles. The minimum Gasteiger partial charge on any atom is -0.383 e. The Morgan fingerprint density at radius 2 is 2.00 bits per heavy atom. The van der Waals surface area contributed by atoms with Crippen molar-refractivity contribution in [1.82, 2.24) is 0 Å². The molecule has 0 aromatic heterocycles. The van der Waals surface area contributed by atoms with Gasteiger partial charge in [0.15, 0.2) is 5.84 Å². The number of hydrogen-bond acceptors (Lipinski definition) is 3. The first-order chi connectivity index (χ1) is 6.14. The van der Waals surface area contributed by atoms with E-state index in [2.05, 4.69) is 12.0 Å². The molecular weight excluding hydrogens is 166 g/mol. The Hall–Kier alpha value is -0.770. The average Bonchev–Trinajstić information content (AvgIpc) is 2.18. The number of rotatable bonds is 2. The molecule has 1 rings (SSSR count). The van der Waals surface area contributed by atoms with Gasteiger partial charge in [-0.05, 0) is 31.6 Å². The fraction of sp³-hybridized carbons (Fsp3) is 0.889. The summed E-state index contributed by atoms with van der Waals surface area (Å²) in [5, 5.41) is 3.55. The minimum atomic E-state index is -0.388. The summed E-state index contributed by atoms with van der Waals surface area (Å²) >= 11 is 0. The van der Waals surface area contributed by atoms with E-state index in [1.165, 1.54) is 0 Å². The Morgan fingerprint density at radius 3 is 2.38 bits per heavy atom. The molecule has 0 radical (unpaired) electrons. The van der Waals surface area contributed by atoms with Gasteiger partial charge in [-0.1, -0.05) is 6.92 Å². The summed E-state index contributed by atoms with van der Waals surface area (Å²) in [7, 11) is 1.67. The van der Waals surface area contributed by atoms with Crippen LogP contribution in [0.15, 0.2) is 5.10 Å². The number of amidine groups is 1. The van der Waals surface area contributed by atoms with Crippen molar-refractivity contribution in [1.29, 1.82) is 0 Å². The van der Waals surface area contributed by atoms with Gasteiger partial charge in [-0.3, -0.25) is 0 Å². The standard InChI is InChI=1S/C9H19N3O/c1-7-3-5-9(13-2,6-4-7)8(10)12-11/h7H,3-6,11H2,1-2H3,(H2,10,12). The number of nitrogens with zero attached hydrogens (tertiary/aromatic N) is 1. The quantitative estimate of drug-likeness (QED) is 0.289. The minimum absolute atomic E-state index is 0.388. The molecule has 0 spiro atoms. The molecule has 13 heavy (non-hydrogen) atoms. The highest BCUT2D eigenvalue weighted by atomic mass is 16.5. The lowest BCUT2D eigenvalue weighted by atomic mass is 9.79. The van der Waals surface area contributed by atoms with Crippen LogP contribution < -0.4 is 11.6 Å². The van der Waals surface area contributed by atoms with E-state index in [1.54, 1.807) is 7.11 Å². The smallest absolute Gasteiger partial charge is 0.151 e. The molecule has 4 N–H and O–H groups in total. The Morgan fingerprint density at radius 1 is 1.46 bits per heavy atom. The van der Waals surface area contributed by atoms with Crippen molar-refractivity contribution in [2.45, 2.75) is 38.2 Å². The van der Waals surface area contributed by atoms with Gasteiger partial charge >= 0.3 is 0 Å². The van der Waals surface area contributed by atoms with E-state index in [1.807, 2.05) is 0 Å². The van der Waals surface area contributed by atoms with Crippen LogP contribution in [0.5, 0.6) is 0 Å². The van der Waals surface area contributed by atoms with Crippen molar-refractivity contribution in [3.8, 4) is 0 Å². The fourth-order valence-electron chi connectivity index (χ4n) is 1.91. The van der Waals surface area contributed by atoms with E-state index in [0.29, 0.717) is 5.84 Å². The van der Waals surface area contributed by atoms with Crippen LogP contribution in [0.4, 0.5) is 0 Å². The zero-order valence-corrected chi connectivity index (χ0v) is 8.42. The lowest BCUT2D eigenvalue weighted by molar-refractivity contribution is 0.00795. The lowest BCUT2D eigenvalue weighted by Gasteiger charge is -2.37. The number of ether oxygens (including phenoxy) is 1. The third kappa shape index (κ3) is 1.94. The monoisotopic (exact) mass is 185 g/mol. The van der Waals surface area contributed by atoms with E-state index in [9.17, 15) is 0 Å². The summed E-state index contributed by atoms with van der Waals surface area (Å²) in [6, 6.07) is 0. The van der Waals surface area contributed by atoms with Gasteiger partial charge in [0.2, 0.25) is 0 Å². The van der Waals surface area contributed by atoms with Crippen LogP contribution in [0.1, 0.15) is 32.6 Å². The van der Waals surface area contributed by atoms with Gasteiger partial charge < -0.3 is 16.3 Å². The second kappa shape index (κ2) is 3.96. The highest BCUT2D eigenvalue weighted by molar-refractivity contribution is 5.88. The van der Waals surface area contributed by atoms with Crippen molar-refractivity contribution in [3.63, 3.8) is 0 Å². The Bertz CT molecular complexity index is 195. The molecule has 4 nitrogen and oxygen atoms in total. The Labute approximate surface area is 79.3 Å². The molecule has 1 fully saturated rings. The normalized spacial score (nSPS) is 36.2. The molecule has 1 saturated carbocycles. The first-order valence-corrected chi connectivity index (χ1v) is 4.73. The van der Waals surface area contributed by atoms with E-state index >= 15 is 0 Å². The highest BCUT2D eigenvalue weighted by Gasteiger charge is 2.37. The van der Waals surface area contributed by atoms with Crippen LogP contribution in [0.3, 0.4) is 0 Å². The zero-order valence-electron chi connectivity index (χ0n) is 8.42. The predicted octanol–water partition coefficient (Wildman–Crippen LogP) is 0.813. The summed E-state index contributed by atoms with van der Waals surface area (Å²) in [5.74, 6) is 6.37. The summed E-state index contributed by atoms with van der Waals surface area (Å²) in [6.45, 7) is 2.25. The van der Waals surface area contributed by atoms with Gasteiger partial charge in [-0.25, -0.2) is 0 Å². The van der Waals surface area contributed by atoms with Gasteiger partial charge in [-0.2, -0.15) is 5.10 Å². The van der Waals surface area contributed by atoms with Crippen LogP contribution in [-0.2, 0) is 4.74 Å². The largest absolute Gasteiger partial charge is 0.383 e. The van der Waals surface area contributed by atoms with Crippen LogP contribution in [0.25, 0.3) is 0 Å². The summed E-state index contributed by atoms with van der Waals surface area (Å²) in [4.78, 5) is 0. The molecular formula is C9H19N3O. The second-order valence-corrected chi connectivity index (χ2v) is 3.90. The predicted molar refractivity (Wildman–Crippen MR) is 53.2 cm³/mol. The number of hydrogen-bond donors (Lipinski definition) is 2. The van der Waals surface area contributed by atoms with Crippen LogP contribution in [0.2, 0.25) is 0 Å². The molecule has 1 aliphatic carbocycles. The molecule has 76 valence electrons. The van der Waals surface area contributed by atoms with E-state index in [4.69, 9.17) is 16.3 Å². The van der Waals surface area contributed by atoms with Crippen LogP contribution in [0, 0.1) is 5.92 Å². The number of nitrogens with two attached hydrogens (primary N) is 2. The second-order valence-electron chi connectivity index (χ2n) is 3.90. The van der Waals surface area contributed by atoms with Gasteiger partial charge in [0.25, 0.3) is 0 Å². The summed E-state index contributed by atoms with van der Waals surface area (Å²) < 4.78 is 5.44. The molecule has 0 aliphatic heterocycles. The highest BCUT2D eigenvalue weighted by Crippen LogP contribution is 2.34. The molecule has 0 bridgehead atoms.